The van der Waals surface area contributed by atoms with Crippen molar-refractivity contribution in [2.45, 2.75) is 44.7 Å². The Balaban J connectivity index is 2.08. The predicted molar refractivity (Wildman–Crippen MR) is 158 cm³/mol. The van der Waals surface area contributed by atoms with Crippen LogP contribution >= 0.6 is 23.2 Å². The van der Waals surface area contributed by atoms with E-state index >= 15 is 0 Å². The molecule has 0 radical (unpaired) electrons. The number of halogens is 2. The van der Waals surface area contributed by atoms with Crippen LogP contribution in [0.1, 0.15) is 31.4 Å². The Bertz CT molecular complexity index is 1430. The van der Waals surface area contributed by atoms with Crippen LogP contribution in [0.5, 0.6) is 5.75 Å². The molecule has 0 aliphatic heterocycles. The summed E-state index contributed by atoms with van der Waals surface area (Å²) in [5, 5.41) is 3.44. The van der Waals surface area contributed by atoms with Gasteiger partial charge in [-0.05, 0) is 56.7 Å². The van der Waals surface area contributed by atoms with E-state index < -0.39 is 28.5 Å². The van der Waals surface area contributed by atoms with Crippen molar-refractivity contribution in [3.63, 3.8) is 0 Å². The number of carbonyl (C=O) groups is 2. The molecule has 2 amide bonds. The largest absolute Gasteiger partial charge is 0.497 e. The number of rotatable bonds is 12. The maximum Gasteiger partial charge on any atom is 0.264 e. The summed E-state index contributed by atoms with van der Waals surface area (Å²) >= 11 is 12.8. The molecule has 0 saturated heterocycles. The first-order valence-electron chi connectivity index (χ1n) is 12.7. The van der Waals surface area contributed by atoms with Gasteiger partial charge >= 0.3 is 0 Å². The zero-order valence-electron chi connectivity index (χ0n) is 22.9. The molecule has 0 heterocycles. The molecule has 0 aliphatic rings. The first-order valence-corrected chi connectivity index (χ1v) is 14.9. The summed E-state index contributed by atoms with van der Waals surface area (Å²) in [4.78, 5) is 28.3. The molecule has 0 aliphatic carbocycles. The monoisotopic (exact) mass is 605 g/mol. The second-order valence-corrected chi connectivity index (χ2v) is 11.9. The van der Waals surface area contributed by atoms with Gasteiger partial charge in [0.1, 0.15) is 18.3 Å². The van der Waals surface area contributed by atoms with Gasteiger partial charge < -0.3 is 15.0 Å². The van der Waals surface area contributed by atoms with E-state index in [-0.39, 0.29) is 23.0 Å². The first kappa shape index (κ1) is 31.3. The van der Waals surface area contributed by atoms with Crippen molar-refractivity contribution in [3.8, 4) is 5.75 Å². The van der Waals surface area contributed by atoms with Crippen molar-refractivity contribution in [1.82, 2.24) is 10.2 Å². The minimum atomic E-state index is -4.20. The number of aryl methyl sites for hydroxylation is 1. The highest BCUT2D eigenvalue weighted by atomic mass is 35.5. The van der Waals surface area contributed by atoms with E-state index in [0.717, 1.165) is 9.87 Å². The second kappa shape index (κ2) is 13.9. The van der Waals surface area contributed by atoms with Crippen LogP contribution < -0.4 is 14.4 Å². The Morgan fingerprint density at radius 1 is 1.00 bits per heavy atom. The van der Waals surface area contributed by atoms with Gasteiger partial charge in [-0.15, -0.1) is 0 Å². The van der Waals surface area contributed by atoms with Gasteiger partial charge in [0, 0.05) is 34.8 Å². The molecule has 3 rings (SSSR count). The van der Waals surface area contributed by atoms with Gasteiger partial charge in [0.15, 0.2) is 0 Å². The first-order chi connectivity index (χ1) is 19.0. The second-order valence-electron chi connectivity index (χ2n) is 9.22. The lowest BCUT2D eigenvalue weighted by molar-refractivity contribution is -0.139. The summed E-state index contributed by atoms with van der Waals surface area (Å²) in [6, 6.07) is 16.8. The number of ether oxygens (including phenoxy) is 1. The summed E-state index contributed by atoms with van der Waals surface area (Å²) < 4.78 is 34.1. The van der Waals surface area contributed by atoms with E-state index in [2.05, 4.69) is 5.32 Å². The summed E-state index contributed by atoms with van der Waals surface area (Å²) in [7, 11) is -2.73. The highest BCUT2D eigenvalue weighted by molar-refractivity contribution is 7.92. The third-order valence-electron chi connectivity index (χ3n) is 6.34. The van der Waals surface area contributed by atoms with Gasteiger partial charge in [0.25, 0.3) is 10.0 Å². The standard InChI is InChI=1S/C29H33Cl2N3O5S/c1-5-16-32-29(36)21(3)33(18-25-26(30)10-7-11-27(25)31)28(35)19-34(22-8-6-9-23(17-22)39-4)40(37,38)24-14-12-20(2)13-15-24/h6-15,17,21H,5,16,18-19H2,1-4H3,(H,32,36)/t21-/m0/s1. The molecule has 214 valence electrons. The fraction of sp³-hybridized carbons (Fsp3) is 0.310. The van der Waals surface area contributed by atoms with E-state index in [9.17, 15) is 18.0 Å². The Morgan fingerprint density at radius 3 is 2.23 bits per heavy atom. The summed E-state index contributed by atoms with van der Waals surface area (Å²) in [5.74, 6) is -0.581. The van der Waals surface area contributed by atoms with Crippen LogP contribution in [-0.2, 0) is 26.2 Å². The number of carbonyl (C=O) groups excluding carboxylic acids is 2. The summed E-state index contributed by atoms with van der Waals surface area (Å²) in [5.41, 5.74) is 1.56. The Labute approximate surface area is 245 Å². The highest BCUT2D eigenvalue weighted by Crippen LogP contribution is 2.29. The van der Waals surface area contributed by atoms with Crippen LogP contribution in [-0.4, -0.2) is 51.4 Å². The molecule has 40 heavy (non-hydrogen) atoms. The van der Waals surface area contributed by atoms with E-state index in [1.165, 1.54) is 30.2 Å². The number of anilines is 1. The van der Waals surface area contributed by atoms with Gasteiger partial charge in [-0.2, -0.15) is 0 Å². The lowest BCUT2D eigenvalue weighted by Crippen LogP contribution is -2.51. The molecule has 1 atom stereocenters. The number of hydrogen-bond donors (Lipinski definition) is 1. The third-order valence-corrected chi connectivity index (χ3v) is 8.83. The van der Waals surface area contributed by atoms with Crippen LogP contribution in [0.4, 0.5) is 5.69 Å². The Morgan fingerprint density at radius 2 is 1.62 bits per heavy atom. The topological polar surface area (TPSA) is 96.0 Å². The minimum absolute atomic E-state index is 0.0168. The lowest BCUT2D eigenvalue weighted by atomic mass is 10.1. The third kappa shape index (κ3) is 7.47. The average Bonchev–Trinajstić information content (AvgIpc) is 2.94. The Kier molecular flexibility index (Phi) is 10.8. The molecule has 3 aromatic rings. The number of nitrogens with zero attached hydrogens (tertiary/aromatic N) is 2. The minimum Gasteiger partial charge on any atom is -0.497 e. The fourth-order valence-corrected chi connectivity index (χ4v) is 5.89. The fourth-order valence-electron chi connectivity index (χ4n) is 3.96. The molecule has 0 fully saturated rings. The number of benzene rings is 3. The molecule has 1 N–H and O–H groups in total. The quantitative estimate of drug-likeness (QED) is 0.296. The van der Waals surface area contributed by atoms with E-state index in [1.807, 2.05) is 13.8 Å². The van der Waals surface area contributed by atoms with Crippen LogP contribution in [0.2, 0.25) is 10.0 Å². The normalized spacial score (nSPS) is 11.9. The van der Waals surface area contributed by atoms with Gasteiger partial charge in [-0.25, -0.2) is 8.42 Å². The number of sulfonamides is 1. The van der Waals surface area contributed by atoms with E-state index in [0.29, 0.717) is 34.3 Å². The highest BCUT2D eigenvalue weighted by Gasteiger charge is 2.33. The number of hydrogen-bond acceptors (Lipinski definition) is 5. The average molecular weight is 607 g/mol. The molecule has 0 aromatic heterocycles. The molecular weight excluding hydrogens is 573 g/mol. The van der Waals surface area contributed by atoms with Crippen LogP contribution in [0.15, 0.2) is 71.6 Å². The number of methoxy groups -OCH3 is 1. The summed E-state index contributed by atoms with van der Waals surface area (Å²) in [6.45, 7) is 5.08. The maximum atomic E-state index is 14.0. The molecule has 0 unspecified atom stereocenters. The molecular formula is C29H33Cl2N3O5S. The van der Waals surface area contributed by atoms with Crippen molar-refractivity contribution in [2.75, 3.05) is 24.5 Å². The smallest absolute Gasteiger partial charge is 0.264 e. The van der Waals surface area contributed by atoms with Gasteiger partial charge in [0.05, 0.1) is 17.7 Å². The lowest BCUT2D eigenvalue weighted by Gasteiger charge is -2.32. The van der Waals surface area contributed by atoms with Crippen molar-refractivity contribution >= 4 is 50.7 Å². The van der Waals surface area contributed by atoms with Crippen molar-refractivity contribution in [3.05, 3.63) is 87.9 Å². The molecule has 11 heteroatoms. The van der Waals surface area contributed by atoms with Gasteiger partial charge in [-0.1, -0.05) is 60.0 Å². The zero-order valence-corrected chi connectivity index (χ0v) is 25.2. The molecule has 0 bridgehead atoms. The van der Waals surface area contributed by atoms with Crippen molar-refractivity contribution < 1.29 is 22.7 Å². The zero-order chi connectivity index (χ0) is 29.4. The molecule has 3 aromatic carbocycles. The number of amides is 2. The predicted octanol–water partition coefficient (Wildman–Crippen LogP) is 5.45. The maximum absolute atomic E-state index is 14.0. The van der Waals surface area contributed by atoms with E-state index in [4.69, 9.17) is 27.9 Å². The SMILES string of the molecule is CCCNC(=O)[C@H](C)N(Cc1c(Cl)cccc1Cl)C(=O)CN(c1cccc(OC)c1)S(=O)(=O)c1ccc(C)cc1. The van der Waals surface area contributed by atoms with Crippen LogP contribution in [0, 0.1) is 6.92 Å². The molecule has 0 spiro atoms. The summed E-state index contributed by atoms with van der Waals surface area (Å²) in [6.07, 6.45) is 0.709. The van der Waals surface area contributed by atoms with Crippen molar-refractivity contribution in [2.24, 2.45) is 0 Å². The van der Waals surface area contributed by atoms with Gasteiger partial charge in [-0.3, -0.25) is 13.9 Å². The van der Waals surface area contributed by atoms with Crippen LogP contribution in [0.25, 0.3) is 0 Å². The van der Waals surface area contributed by atoms with Gasteiger partial charge in [0.2, 0.25) is 11.8 Å². The molecule has 0 saturated carbocycles. The number of nitrogens with one attached hydrogen (secondary N) is 1. The van der Waals surface area contributed by atoms with Crippen LogP contribution in [0.3, 0.4) is 0 Å². The molecule has 8 nitrogen and oxygen atoms in total. The van der Waals surface area contributed by atoms with E-state index in [1.54, 1.807) is 55.5 Å². The Hall–Kier alpha value is -3.27. The van der Waals surface area contributed by atoms with Crippen molar-refractivity contribution in [1.29, 1.82) is 0 Å².